The van der Waals surface area contributed by atoms with Gasteiger partial charge in [0.1, 0.15) is 0 Å². The largest absolute Gasteiger partial charge is 0.278 e. The SMILES string of the molecule is CCc1c(-c2ccccc2)n(-n2ccc3cccnc32)c(=O)c2ccccc12. The van der Waals surface area contributed by atoms with E-state index in [2.05, 4.69) is 24.0 Å². The molecule has 0 saturated carbocycles. The fraction of sp³-hybridized carbons (Fsp3) is 0.0833. The molecular weight excluding hydrogens is 346 g/mol. The molecule has 5 aromatic rings. The molecular formula is C24H19N3O. The quantitative estimate of drug-likeness (QED) is 0.457. The van der Waals surface area contributed by atoms with Crippen LogP contribution in [0.2, 0.25) is 0 Å². The summed E-state index contributed by atoms with van der Waals surface area (Å²) in [5.74, 6) is 0. The predicted octanol–water partition coefficient (Wildman–Crippen LogP) is 4.89. The van der Waals surface area contributed by atoms with Crippen molar-refractivity contribution in [2.24, 2.45) is 0 Å². The van der Waals surface area contributed by atoms with Crippen molar-refractivity contribution in [2.45, 2.75) is 13.3 Å². The normalized spacial score (nSPS) is 11.3. The first kappa shape index (κ1) is 16.5. The van der Waals surface area contributed by atoms with E-state index < -0.39 is 0 Å². The molecule has 0 fully saturated rings. The van der Waals surface area contributed by atoms with E-state index in [1.165, 1.54) is 0 Å². The Balaban J connectivity index is 2.01. The predicted molar refractivity (Wildman–Crippen MR) is 114 cm³/mol. The molecule has 28 heavy (non-hydrogen) atoms. The summed E-state index contributed by atoms with van der Waals surface area (Å²) in [6, 6.07) is 23.9. The maximum Gasteiger partial charge on any atom is 0.278 e. The molecule has 0 amide bonds. The minimum Gasteiger partial charge on any atom is -0.267 e. The smallest absolute Gasteiger partial charge is 0.267 e. The van der Waals surface area contributed by atoms with Gasteiger partial charge in [0.25, 0.3) is 5.56 Å². The van der Waals surface area contributed by atoms with Crippen molar-refractivity contribution in [1.29, 1.82) is 0 Å². The van der Waals surface area contributed by atoms with Crippen LogP contribution in [-0.2, 0) is 6.42 Å². The highest BCUT2D eigenvalue weighted by Crippen LogP contribution is 2.30. The summed E-state index contributed by atoms with van der Waals surface area (Å²) in [5, 5.41) is 2.73. The van der Waals surface area contributed by atoms with E-state index in [0.29, 0.717) is 0 Å². The van der Waals surface area contributed by atoms with Gasteiger partial charge in [0.05, 0.1) is 5.69 Å². The van der Waals surface area contributed by atoms with E-state index in [1.807, 2.05) is 71.5 Å². The summed E-state index contributed by atoms with van der Waals surface area (Å²) in [6.45, 7) is 2.13. The molecule has 2 aromatic carbocycles. The fourth-order valence-corrected chi connectivity index (χ4v) is 3.97. The standard InChI is InChI=1S/C24H19N3O/c1-2-19-20-12-6-7-13-21(20)24(28)27(22(19)17-9-4-3-5-10-17)26-16-14-18-11-8-15-25-23(18)26/h3-16H,2H2,1H3. The van der Waals surface area contributed by atoms with Crippen LogP contribution in [0.3, 0.4) is 0 Å². The van der Waals surface area contributed by atoms with E-state index in [4.69, 9.17) is 0 Å². The van der Waals surface area contributed by atoms with Gasteiger partial charge in [-0.1, -0.05) is 55.5 Å². The van der Waals surface area contributed by atoms with Gasteiger partial charge in [0.2, 0.25) is 0 Å². The highest BCUT2D eigenvalue weighted by Gasteiger charge is 2.19. The Labute approximate surface area is 162 Å². The summed E-state index contributed by atoms with van der Waals surface area (Å²) < 4.78 is 3.64. The van der Waals surface area contributed by atoms with Crippen LogP contribution in [0.4, 0.5) is 0 Å². The monoisotopic (exact) mass is 365 g/mol. The number of pyridine rings is 2. The van der Waals surface area contributed by atoms with Gasteiger partial charge in [-0.15, -0.1) is 0 Å². The average molecular weight is 365 g/mol. The van der Waals surface area contributed by atoms with Crippen molar-refractivity contribution in [3.63, 3.8) is 0 Å². The third-order valence-corrected chi connectivity index (χ3v) is 5.22. The molecule has 136 valence electrons. The van der Waals surface area contributed by atoms with Gasteiger partial charge in [0, 0.05) is 28.7 Å². The van der Waals surface area contributed by atoms with Crippen LogP contribution in [-0.4, -0.2) is 14.3 Å². The topological polar surface area (TPSA) is 39.8 Å². The second-order valence-electron chi connectivity index (χ2n) is 6.79. The van der Waals surface area contributed by atoms with Crippen molar-refractivity contribution in [2.75, 3.05) is 0 Å². The van der Waals surface area contributed by atoms with Crippen molar-refractivity contribution < 1.29 is 0 Å². The molecule has 0 bridgehead atoms. The first-order valence-electron chi connectivity index (χ1n) is 9.44. The average Bonchev–Trinajstić information content (AvgIpc) is 3.18. The van der Waals surface area contributed by atoms with Crippen LogP contribution in [0.25, 0.3) is 33.1 Å². The third-order valence-electron chi connectivity index (χ3n) is 5.22. The second-order valence-corrected chi connectivity index (χ2v) is 6.79. The summed E-state index contributed by atoms with van der Waals surface area (Å²) in [7, 11) is 0. The zero-order chi connectivity index (χ0) is 19.1. The van der Waals surface area contributed by atoms with E-state index in [0.717, 1.165) is 45.0 Å². The second kappa shape index (κ2) is 6.50. The Morgan fingerprint density at radius 3 is 2.39 bits per heavy atom. The van der Waals surface area contributed by atoms with E-state index >= 15 is 0 Å². The van der Waals surface area contributed by atoms with Crippen molar-refractivity contribution in [3.8, 4) is 11.3 Å². The Morgan fingerprint density at radius 2 is 1.61 bits per heavy atom. The van der Waals surface area contributed by atoms with Gasteiger partial charge >= 0.3 is 0 Å². The van der Waals surface area contributed by atoms with Crippen LogP contribution < -0.4 is 5.56 Å². The van der Waals surface area contributed by atoms with Crippen LogP contribution in [0.15, 0.2) is 90.0 Å². The van der Waals surface area contributed by atoms with Gasteiger partial charge in [-0.3, -0.25) is 4.79 Å². The molecule has 3 aromatic heterocycles. The zero-order valence-corrected chi connectivity index (χ0v) is 15.5. The van der Waals surface area contributed by atoms with Crippen LogP contribution in [0.1, 0.15) is 12.5 Å². The van der Waals surface area contributed by atoms with E-state index in [-0.39, 0.29) is 5.56 Å². The van der Waals surface area contributed by atoms with Gasteiger partial charge in [-0.25, -0.2) is 14.3 Å². The summed E-state index contributed by atoms with van der Waals surface area (Å²) >= 11 is 0. The Hall–Kier alpha value is -3.66. The number of fused-ring (bicyclic) bond motifs is 2. The summed E-state index contributed by atoms with van der Waals surface area (Å²) in [5.41, 5.74) is 3.79. The lowest BCUT2D eigenvalue weighted by Gasteiger charge is -2.20. The Kier molecular flexibility index (Phi) is 3.83. The number of nitrogens with zero attached hydrogens (tertiary/aromatic N) is 3. The molecule has 0 unspecified atom stereocenters. The maximum atomic E-state index is 13.6. The maximum absolute atomic E-state index is 13.6. The molecule has 5 rings (SSSR count). The molecule has 0 radical (unpaired) electrons. The number of hydrogen-bond acceptors (Lipinski definition) is 2. The molecule has 0 aliphatic carbocycles. The summed E-state index contributed by atoms with van der Waals surface area (Å²) in [6.07, 6.45) is 4.49. The number of hydrogen-bond donors (Lipinski definition) is 0. The van der Waals surface area contributed by atoms with E-state index in [9.17, 15) is 4.79 Å². The van der Waals surface area contributed by atoms with Crippen molar-refractivity contribution >= 4 is 21.8 Å². The van der Waals surface area contributed by atoms with Crippen LogP contribution in [0.5, 0.6) is 0 Å². The lowest BCUT2D eigenvalue weighted by molar-refractivity contribution is 0.660. The number of benzene rings is 2. The zero-order valence-electron chi connectivity index (χ0n) is 15.5. The molecule has 3 heterocycles. The molecule has 4 nitrogen and oxygen atoms in total. The molecule has 0 spiro atoms. The number of rotatable bonds is 3. The van der Waals surface area contributed by atoms with Crippen LogP contribution in [0, 0.1) is 0 Å². The minimum atomic E-state index is -0.0465. The lowest BCUT2D eigenvalue weighted by Crippen LogP contribution is -2.29. The van der Waals surface area contributed by atoms with Gasteiger partial charge in [-0.05, 0) is 41.6 Å². The van der Waals surface area contributed by atoms with E-state index in [1.54, 1.807) is 10.9 Å². The van der Waals surface area contributed by atoms with Crippen molar-refractivity contribution in [3.05, 3.63) is 101 Å². The molecule has 0 aliphatic rings. The third kappa shape index (κ3) is 2.38. The fourth-order valence-electron chi connectivity index (χ4n) is 3.97. The summed E-state index contributed by atoms with van der Waals surface area (Å²) in [4.78, 5) is 18.2. The first-order valence-corrected chi connectivity index (χ1v) is 9.44. The molecule has 0 saturated heterocycles. The highest BCUT2D eigenvalue weighted by atomic mass is 16.1. The highest BCUT2D eigenvalue weighted by molar-refractivity contribution is 5.90. The Morgan fingerprint density at radius 1 is 0.857 bits per heavy atom. The molecule has 0 N–H and O–H groups in total. The molecule has 4 heteroatoms. The number of aryl methyl sites for hydroxylation is 1. The van der Waals surface area contributed by atoms with Gasteiger partial charge in [-0.2, -0.15) is 0 Å². The van der Waals surface area contributed by atoms with Crippen molar-refractivity contribution in [1.82, 2.24) is 14.3 Å². The minimum absolute atomic E-state index is 0.0465. The Bertz CT molecular complexity index is 1360. The molecule has 0 atom stereocenters. The van der Waals surface area contributed by atoms with Gasteiger partial charge in [0.15, 0.2) is 5.65 Å². The van der Waals surface area contributed by atoms with Gasteiger partial charge < -0.3 is 0 Å². The number of aromatic nitrogens is 3. The first-order chi connectivity index (χ1) is 13.8. The van der Waals surface area contributed by atoms with Crippen LogP contribution >= 0.6 is 0 Å². The molecule has 0 aliphatic heterocycles. The lowest BCUT2D eigenvalue weighted by atomic mass is 9.98.